The van der Waals surface area contributed by atoms with Gasteiger partial charge in [-0.15, -0.1) is 0 Å². The lowest BCUT2D eigenvalue weighted by Crippen LogP contribution is -2.17. The van der Waals surface area contributed by atoms with Crippen molar-refractivity contribution in [3.63, 3.8) is 0 Å². The Balaban J connectivity index is 1.69. The molecule has 0 saturated heterocycles. The molecule has 4 aromatic rings. The van der Waals surface area contributed by atoms with E-state index in [1.54, 1.807) is 22.9 Å². The Morgan fingerprint density at radius 3 is 2.83 bits per heavy atom. The van der Waals surface area contributed by atoms with E-state index >= 15 is 0 Å². The van der Waals surface area contributed by atoms with E-state index in [9.17, 15) is 9.18 Å². The van der Waals surface area contributed by atoms with Gasteiger partial charge in [-0.2, -0.15) is 4.98 Å². The number of carbonyl (C=O) groups is 1. The third-order valence-corrected chi connectivity index (χ3v) is 4.35. The number of rotatable bonds is 6. The van der Waals surface area contributed by atoms with Gasteiger partial charge in [-0.3, -0.25) is 4.79 Å². The molecule has 1 amide bonds. The van der Waals surface area contributed by atoms with Gasteiger partial charge >= 0.3 is 0 Å². The number of primary amides is 1. The number of ether oxygens (including phenoxy) is 1. The fourth-order valence-electron chi connectivity index (χ4n) is 3.16. The van der Waals surface area contributed by atoms with E-state index in [1.165, 1.54) is 6.07 Å². The topological polar surface area (TPSA) is 96.2 Å². The van der Waals surface area contributed by atoms with Crippen LogP contribution in [0.3, 0.4) is 0 Å². The molecule has 0 fully saturated rings. The summed E-state index contributed by atoms with van der Waals surface area (Å²) in [5, 5.41) is 4.90. The van der Waals surface area contributed by atoms with Crippen molar-refractivity contribution in [3.8, 4) is 28.6 Å². The molecule has 0 spiro atoms. The van der Waals surface area contributed by atoms with Gasteiger partial charge in [0.2, 0.25) is 11.7 Å². The quantitative estimate of drug-likeness (QED) is 0.537. The summed E-state index contributed by atoms with van der Waals surface area (Å²) in [4.78, 5) is 15.7. The Kier molecular flexibility index (Phi) is 4.75. The Morgan fingerprint density at radius 1 is 1.28 bits per heavy atom. The number of halogens is 1. The van der Waals surface area contributed by atoms with Crippen molar-refractivity contribution >= 4 is 16.8 Å². The first-order valence-electron chi connectivity index (χ1n) is 9.09. The summed E-state index contributed by atoms with van der Waals surface area (Å²) in [6.45, 7) is 3.73. The first-order valence-corrected chi connectivity index (χ1v) is 9.09. The highest BCUT2D eigenvalue weighted by Gasteiger charge is 2.16. The van der Waals surface area contributed by atoms with Crippen LogP contribution >= 0.6 is 0 Å². The zero-order valence-electron chi connectivity index (χ0n) is 15.9. The van der Waals surface area contributed by atoms with Gasteiger partial charge in [0.05, 0.1) is 6.10 Å². The number of hydrogen-bond donors (Lipinski definition) is 1. The van der Waals surface area contributed by atoms with Crippen LogP contribution in [-0.2, 0) is 11.3 Å². The molecule has 0 saturated carbocycles. The highest BCUT2D eigenvalue weighted by atomic mass is 19.1. The predicted molar refractivity (Wildman–Crippen MR) is 106 cm³/mol. The molecule has 0 radical (unpaired) electrons. The lowest BCUT2D eigenvalue weighted by atomic mass is 10.1. The smallest absolute Gasteiger partial charge is 0.258 e. The average Bonchev–Trinajstić information content (AvgIpc) is 3.30. The van der Waals surface area contributed by atoms with Crippen LogP contribution in [0, 0.1) is 5.82 Å². The Morgan fingerprint density at radius 2 is 2.10 bits per heavy atom. The molecule has 0 aliphatic rings. The van der Waals surface area contributed by atoms with E-state index in [2.05, 4.69) is 10.1 Å². The fourth-order valence-corrected chi connectivity index (χ4v) is 3.16. The summed E-state index contributed by atoms with van der Waals surface area (Å²) in [5.41, 5.74) is 7.32. The summed E-state index contributed by atoms with van der Waals surface area (Å²) in [6, 6.07) is 11.9. The molecule has 148 valence electrons. The second kappa shape index (κ2) is 7.38. The zero-order valence-corrected chi connectivity index (χ0v) is 15.9. The summed E-state index contributed by atoms with van der Waals surface area (Å²) >= 11 is 0. The monoisotopic (exact) mass is 394 g/mol. The van der Waals surface area contributed by atoms with Gasteiger partial charge in [0.1, 0.15) is 6.54 Å². The number of benzene rings is 2. The van der Waals surface area contributed by atoms with Crippen molar-refractivity contribution in [2.45, 2.75) is 26.5 Å². The predicted octanol–water partition coefficient (Wildman–Crippen LogP) is 3.77. The van der Waals surface area contributed by atoms with Gasteiger partial charge in [0.25, 0.3) is 5.89 Å². The second-order valence-corrected chi connectivity index (χ2v) is 6.88. The first kappa shape index (κ1) is 18.7. The molecule has 0 atom stereocenters. The number of aromatic nitrogens is 3. The highest BCUT2D eigenvalue weighted by molar-refractivity contribution is 5.94. The minimum atomic E-state index is -0.499. The molecule has 2 aromatic carbocycles. The van der Waals surface area contributed by atoms with Crippen LogP contribution in [0.15, 0.2) is 53.2 Å². The van der Waals surface area contributed by atoms with Crippen LogP contribution in [0.4, 0.5) is 4.39 Å². The summed E-state index contributed by atoms with van der Waals surface area (Å²) in [7, 11) is 0. The number of hydrogen-bond acceptors (Lipinski definition) is 5. The summed E-state index contributed by atoms with van der Waals surface area (Å²) in [6.07, 6.45) is 1.65. The van der Waals surface area contributed by atoms with Crippen molar-refractivity contribution < 1.29 is 18.4 Å². The molecule has 2 aromatic heterocycles. The van der Waals surface area contributed by atoms with E-state index in [-0.39, 0.29) is 24.3 Å². The van der Waals surface area contributed by atoms with Crippen molar-refractivity contribution in [1.82, 2.24) is 14.7 Å². The summed E-state index contributed by atoms with van der Waals surface area (Å²) in [5.74, 6) is -0.193. The van der Waals surface area contributed by atoms with Crippen LogP contribution in [0.2, 0.25) is 0 Å². The van der Waals surface area contributed by atoms with Crippen molar-refractivity contribution in [2.75, 3.05) is 0 Å². The Bertz CT molecular complexity index is 1200. The fraction of sp³-hybridized carbons (Fsp3) is 0.190. The largest absolute Gasteiger partial charge is 0.488 e. The van der Waals surface area contributed by atoms with Crippen molar-refractivity contribution in [3.05, 3.63) is 54.5 Å². The van der Waals surface area contributed by atoms with Gasteiger partial charge in [-0.05, 0) is 44.2 Å². The first-order chi connectivity index (χ1) is 13.9. The van der Waals surface area contributed by atoms with Crippen LogP contribution in [0.25, 0.3) is 33.7 Å². The molecular weight excluding hydrogens is 375 g/mol. The molecule has 29 heavy (non-hydrogen) atoms. The van der Waals surface area contributed by atoms with Crippen LogP contribution in [0.5, 0.6) is 5.75 Å². The van der Waals surface area contributed by atoms with E-state index in [0.717, 1.165) is 16.5 Å². The maximum absolute atomic E-state index is 14.3. The maximum Gasteiger partial charge on any atom is 0.258 e. The van der Waals surface area contributed by atoms with Crippen molar-refractivity contribution in [2.24, 2.45) is 5.73 Å². The minimum Gasteiger partial charge on any atom is -0.488 e. The number of nitrogens with zero attached hydrogens (tertiary/aromatic N) is 3. The third-order valence-electron chi connectivity index (χ3n) is 4.35. The highest BCUT2D eigenvalue weighted by Crippen LogP contribution is 2.30. The molecular formula is C21H19FN4O3. The second-order valence-electron chi connectivity index (χ2n) is 6.88. The van der Waals surface area contributed by atoms with Gasteiger partial charge < -0.3 is 19.6 Å². The normalized spacial score (nSPS) is 11.3. The minimum absolute atomic E-state index is 0.0779. The Labute approximate surface area is 165 Å². The van der Waals surface area contributed by atoms with Gasteiger partial charge in [-0.25, -0.2) is 4.39 Å². The van der Waals surface area contributed by atoms with E-state index in [4.69, 9.17) is 15.0 Å². The van der Waals surface area contributed by atoms with Crippen LogP contribution in [-0.4, -0.2) is 26.7 Å². The molecule has 8 heteroatoms. The number of carbonyl (C=O) groups excluding carboxylic acids is 1. The lowest BCUT2D eigenvalue weighted by Gasteiger charge is -2.10. The van der Waals surface area contributed by atoms with E-state index in [0.29, 0.717) is 11.4 Å². The molecule has 2 heterocycles. The van der Waals surface area contributed by atoms with E-state index in [1.807, 2.05) is 38.1 Å². The van der Waals surface area contributed by atoms with Crippen LogP contribution < -0.4 is 10.5 Å². The average molecular weight is 394 g/mol. The number of nitrogens with two attached hydrogens (primary N) is 1. The van der Waals surface area contributed by atoms with Gasteiger partial charge in [0, 0.05) is 28.2 Å². The third kappa shape index (κ3) is 3.69. The lowest BCUT2D eigenvalue weighted by molar-refractivity contribution is -0.118. The van der Waals surface area contributed by atoms with Gasteiger partial charge in [-0.1, -0.05) is 17.3 Å². The van der Waals surface area contributed by atoms with Gasteiger partial charge in [0.15, 0.2) is 11.6 Å². The number of amides is 1. The maximum atomic E-state index is 14.3. The SMILES string of the molecule is CC(C)Oc1ccc(-c2nc(-c3cccc4c3ccn4CC(N)=O)no2)cc1F. The van der Waals surface area contributed by atoms with E-state index < -0.39 is 11.7 Å². The molecule has 4 rings (SSSR count). The molecule has 0 unspecified atom stereocenters. The van der Waals surface area contributed by atoms with Crippen LogP contribution in [0.1, 0.15) is 13.8 Å². The molecule has 7 nitrogen and oxygen atoms in total. The molecule has 2 N–H and O–H groups in total. The Hall–Kier alpha value is -3.68. The number of fused-ring (bicyclic) bond motifs is 1. The zero-order chi connectivity index (χ0) is 20.5. The molecule has 0 aliphatic heterocycles. The molecule has 0 aliphatic carbocycles. The summed E-state index contributed by atoms with van der Waals surface area (Å²) < 4.78 is 26.8. The van der Waals surface area contributed by atoms with Crippen molar-refractivity contribution in [1.29, 1.82) is 0 Å². The standard InChI is InChI=1S/C21H19FN4O3/c1-12(2)28-18-7-6-13(10-16(18)22)21-24-20(25-29-21)15-4-3-5-17-14(15)8-9-26(17)11-19(23)27/h3-10,12H,11H2,1-2H3,(H2,23,27). The molecule has 0 bridgehead atoms.